The molecule has 0 spiro atoms. The van der Waals surface area contributed by atoms with Gasteiger partial charge in [0.25, 0.3) is 5.69 Å². The highest BCUT2D eigenvalue weighted by molar-refractivity contribution is 6.31. The van der Waals surface area contributed by atoms with Gasteiger partial charge >= 0.3 is 5.97 Å². The quantitative estimate of drug-likeness (QED) is 0.340. The monoisotopic (exact) mass is 407 g/mol. The van der Waals surface area contributed by atoms with Crippen LogP contribution < -0.4 is 11.1 Å². The second-order valence-corrected chi connectivity index (χ2v) is 7.19. The fourth-order valence-corrected chi connectivity index (χ4v) is 3.64. The average Bonchev–Trinajstić information content (AvgIpc) is 2.68. The Labute approximate surface area is 165 Å². The van der Waals surface area contributed by atoms with Gasteiger partial charge in [-0.2, -0.15) is 0 Å². The minimum atomic E-state index is -0.789. The number of hydrogen-bond acceptors (Lipinski definition) is 6. The normalized spacial score (nSPS) is 15.8. The Morgan fingerprint density at radius 1 is 1.29 bits per heavy atom. The highest BCUT2D eigenvalue weighted by atomic mass is 35.5. The highest BCUT2D eigenvalue weighted by Crippen LogP contribution is 2.35. The number of piperidine rings is 1. The zero-order valence-electron chi connectivity index (χ0n) is 14.9. The predicted octanol–water partition coefficient (Wildman–Crippen LogP) is 3.45. The first-order chi connectivity index (χ1) is 13.3. The SMILES string of the molecule is Nc1c(C(=O)OCC2(c3ccc(F)cc3)CCNCC2)cc(Cl)cc1[N+](=O)[O-]. The van der Waals surface area contributed by atoms with Crippen LogP contribution in [0, 0.1) is 15.9 Å². The smallest absolute Gasteiger partial charge is 0.340 e. The third-order valence-corrected chi connectivity index (χ3v) is 5.25. The summed E-state index contributed by atoms with van der Waals surface area (Å²) in [6.07, 6.45) is 1.38. The second kappa shape index (κ2) is 8.12. The van der Waals surface area contributed by atoms with Crippen molar-refractivity contribution in [3.63, 3.8) is 0 Å². The summed E-state index contributed by atoms with van der Waals surface area (Å²) in [5.41, 5.74) is 5.27. The van der Waals surface area contributed by atoms with Crippen LogP contribution in [-0.2, 0) is 10.2 Å². The molecule has 2 aromatic carbocycles. The van der Waals surface area contributed by atoms with Crippen LogP contribution in [0.4, 0.5) is 15.8 Å². The van der Waals surface area contributed by atoms with Gasteiger partial charge < -0.3 is 15.8 Å². The lowest BCUT2D eigenvalue weighted by Gasteiger charge is -2.37. The van der Waals surface area contributed by atoms with Crippen LogP contribution in [0.25, 0.3) is 0 Å². The van der Waals surface area contributed by atoms with Crippen LogP contribution >= 0.6 is 11.6 Å². The maximum Gasteiger partial charge on any atom is 0.340 e. The number of benzene rings is 2. The van der Waals surface area contributed by atoms with Gasteiger partial charge in [-0.1, -0.05) is 23.7 Å². The van der Waals surface area contributed by atoms with Crippen molar-refractivity contribution < 1.29 is 18.8 Å². The molecular formula is C19H19ClFN3O4. The van der Waals surface area contributed by atoms with Gasteiger partial charge in [0.2, 0.25) is 0 Å². The molecule has 2 aromatic rings. The van der Waals surface area contributed by atoms with E-state index in [9.17, 15) is 19.3 Å². The lowest BCUT2D eigenvalue weighted by atomic mass is 9.74. The Kier molecular flexibility index (Phi) is 5.81. The molecule has 0 aliphatic carbocycles. The molecule has 148 valence electrons. The highest BCUT2D eigenvalue weighted by Gasteiger charge is 2.36. The molecule has 9 heteroatoms. The summed E-state index contributed by atoms with van der Waals surface area (Å²) in [6, 6.07) is 8.46. The van der Waals surface area contributed by atoms with E-state index in [1.165, 1.54) is 18.2 Å². The lowest BCUT2D eigenvalue weighted by Crippen LogP contribution is -2.43. The molecule has 1 fully saturated rings. The number of nitro groups is 1. The van der Waals surface area contributed by atoms with E-state index >= 15 is 0 Å². The number of nitro benzene ring substituents is 1. The van der Waals surface area contributed by atoms with Crippen LogP contribution in [0.1, 0.15) is 28.8 Å². The predicted molar refractivity (Wildman–Crippen MR) is 103 cm³/mol. The van der Waals surface area contributed by atoms with E-state index in [1.807, 2.05) is 0 Å². The molecule has 0 unspecified atom stereocenters. The van der Waals surface area contributed by atoms with E-state index in [2.05, 4.69) is 5.32 Å². The fourth-order valence-electron chi connectivity index (χ4n) is 3.43. The summed E-state index contributed by atoms with van der Waals surface area (Å²) >= 11 is 5.89. The molecule has 7 nitrogen and oxygen atoms in total. The number of nitrogens with two attached hydrogens (primary N) is 1. The van der Waals surface area contributed by atoms with Gasteiger partial charge in [-0.3, -0.25) is 10.1 Å². The summed E-state index contributed by atoms with van der Waals surface area (Å²) in [7, 11) is 0. The van der Waals surface area contributed by atoms with E-state index in [0.29, 0.717) is 12.8 Å². The van der Waals surface area contributed by atoms with Crippen molar-refractivity contribution in [3.8, 4) is 0 Å². The first-order valence-corrected chi connectivity index (χ1v) is 9.07. The van der Waals surface area contributed by atoms with Gasteiger partial charge in [-0.25, -0.2) is 9.18 Å². The first kappa shape index (κ1) is 20.0. The Balaban J connectivity index is 1.85. The molecule has 0 radical (unpaired) electrons. The van der Waals surface area contributed by atoms with Crippen molar-refractivity contribution in [2.45, 2.75) is 18.3 Å². The molecule has 1 aliphatic heterocycles. The molecule has 0 aromatic heterocycles. The number of nitrogens with one attached hydrogen (secondary N) is 1. The summed E-state index contributed by atoms with van der Waals surface area (Å²) in [5.74, 6) is -1.13. The summed E-state index contributed by atoms with van der Waals surface area (Å²) in [5, 5.41) is 14.4. The third kappa shape index (κ3) is 4.07. The number of hydrogen-bond donors (Lipinski definition) is 2. The van der Waals surface area contributed by atoms with E-state index < -0.39 is 22.0 Å². The van der Waals surface area contributed by atoms with Crippen molar-refractivity contribution in [2.24, 2.45) is 0 Å². The topological polar surface area (TPSA) is 107 Å². The molecule has 28 heavy (non-hydrogen) atoms. The van der Waals surface area contributed by atoms with Crippen LogP contribution in [0.5, 0.6) is 0 Å². The standard InChI is InChI=1S/C19H19ClFN3O4/c20-13-9-15(17(22)16(10-13)24(26)27)18(25)28-11-19(5-7-23-8-6-19)12-1-3-14(21)4-2-12/h1-4,9-10,23H,5-8,11,22H2. The maximum absolute atomic E-state index is 13.3. The lowest BCUT2D eigenvalue weighted by molar-refractivity contribution is -0.383. The Morgan fingerprint density at radius 2 is 1.93 bits per heavy atom. The van der Waals surface area contributed by atoms with Gasteiger partial charge in [0, 0.05) is 16.5 Å². The third-order valence-electron chi connectivity index (χ3n) is 5.04. The molecule has 0 atom stereocenters. The number of ether oxygens (including phenoxy) is 1. The number of nitrogens with zero attached hydrogens (tertiary/aromatic N) is 1. The van der Waals surface area contributed by atoms with E-state index in [-0.39, 0.29) is 28.7 Å². The van der Waals surface area contributed by atoms with Crippen molar-refractivity contribution >= 4 is 28.9 Å². The van der Waals surface area contributed by atoms with E-state index in [4.69, 9.17) is 22.1 Å². The minimum absolute atomic E-state index is 0.0166. The van der Waals surface area contributed by atoms with Crippen LogP contribution in [0.15, 0.2) is 36.4 Å². The Morgan fingerprint density at radius 3 is 2.54 bits per heavy atom. The average molecular weight is 408 g/mol. The molecule has 1 aliphatic rings. The van der Waals surface area contributed by atoms with Crippen molar-refractivity contribution in [2.75, 3.05) is 25.4 Å². The Bertz CT molecular complexity index is 899. The van der Waals surface area contributed by atoms with E-state index in [1.54, 1.807) is 12.1 Å². The molecule has 1 heterocycles. The maximum atomic E-state index is 13.3. The van der Waals surface area contributed by atoms with Crippen molar-refractivity contribution in [3.05, 3.63) is 68.5 Å². The Hall–Kier alpha value is -2.71. The largest absolute Gasteiger partial charge is 0.461 e. The van der Waals surface area contributed by atoms with Crippen molar-refractivity contribution in [1.29, 1.82) is 0 Å². The number of anilines is 1. The van der Waals surface area contributed by atoms with Crippen LogP contribution in [-0.4, -0.2) is 30.6 Å². The number of rotatable bonds is 5. The summed E-state index contributed by atoms with van der Waals surface area (Å²) in [4.78, 5) is 23.0. The fraction of sp³-hybridized carbons (Fsp3) is 0.316. The number of carbonyl (C=O) groups excluding carboxylic acids is 1. The molecule has 0 amide bonds. The molecule has 3 N–H and O–H groups in total. The number of esters is 1. The van der Waals surface area contributed by atoms with Gasteiger partial charge in [-0.05, 0) is 49.7 Å². The van der Waals surface area contributed by atoms with Crippen molar-refractivity contribution in [1.82, 2.24) is 5.32 Å². The van der Waals surface area contributed by atoms with Crippen LogP contribution in [0.3, 0.4) is 0 Å². The number of halogens is 2. The first-order valence-electron chi connectivity index (χ1n) is 8.70. The summed E-state index contributed by atoms with van der Waals surface area (Å²) < 4.78 is 18.8. The van der Waals surface area contributed by atoms with Crippen LogP contribution in [0.2, 0.25) is 5.02 Å². The molecular weight excluding hydrogens is 389 g/mol. The minimum Gasteiger partial charge on any atom is -0.461 e. The summed E-state index contributed by atoms with van der Waals surface area (Å²) in [6.45, 7) is 1.48. The number of carbonyl (C=O) groups is 1. The van der Waals surface area contributed by atoms with E-state index in [0.717, 1.165) is 24.7 Å². The number of nitrogen functional groups attached to an aromatic ring is 1. The van der Waals surface area contributed by atoms with Gasteiger partial charge in [0.05, 0.1) is 10.5 Å². The van der Waals surface area contributed by atoms with Gasteiger partial charge in [0.1, 0.15) is 18.1 Å². The zero-order valence-corrected chi connectivity index (χ0v) is 15.7. The van der Waals surface area contributed by atoms with Gasteiger partial charge in [-0.15, -0.1) is 0 Å². The molecule has 3 rings (SSSR count). The zero-order chi connectivity index (χ0) is 20.3. The van der Waals surface area contributed by atoms with Gasteiger partial charge in [0.15, 0.2) is 0 Å². The molecule has 0 bridgehead atoms. The molecule has 0 saturated carbocycles. The second-order valence-electron chi connectivity index (χ2n) is 6.76. The molecule has 1 saturated heterocycles.